The van der Waals surface area contributed by atoms with Crippen molar-refractivity contribution in [3.05, 3.63) is 37.0 Å². The molecule has 1 heterocycles. The highest BCUT2D eigenvalue weighted by Crippen LogP contribution is 2.13. The SMILES string of the molecule is C=C/C=C(\C=C)CCN1CCC(NC(=O)CC)CC1. The van der Waals surface area contributed by atoms with E-state index in [0.29, 0.717) is 12.5 Å². The first-order chi connectivity index (χ1) is 9.19. The Balaban J connectivity index is 2.26. The molecule has 0 aromatic carbocycles. The summed E-state index contributed by atoms with van der Waals surface area (Å²) in [6, 6.07) is 0.367. The van der Waals surface area contributed by atoms with Gasteiger partial charge in [0.2, 0.25) is 5.91 Å². The molecule has 19 heavy (non-hydrogen) atoms. The standard InChI is InChI=1S/C16H26N2O/c1-4-7-14(5-2)8-11-18-12-9-15(10-13-18)17-16(19)6-3/h4-5,7,15H,1-2,6,8-13H2,3H3,(H,17,19)/b14-7+. The maximum absolute atomic E-state index is 11.3. The van der Waals surface area contributed by atoms with Crippen molar-refractivity contribution in [1.29, 1.82) is 0 Å². The minimum atomic E-state index is 0.168. The minimum absolute atomic E-state index is 0.168. The van der Waals surface area contributed by atoms with Gasteiger partial charge in [0.15, 0.2) is 0 Å². The van der Waals surface area contributed by atoms with Crippen molar-refractivity contribution in [3.63, 3.8) is 0 Å². The Hall–Kier alpha value is -1.35. The summed E-state index contributed by atoms with van der Waals surface area (Å²) in [5.41, 5.74) is 1.23. The van der Waals surface area contributed by atoms with Crippen LogP contribution in [-0.2, 0) is 4.79 Å². The van der Waals surface area contributed by atoms with Crippen LogP contribution in [0, 0.1) is 0 Å². The molecule has 0 atom stereocenters. The van der Waals surface area contributed by atoms with Crippen LogP contribution in [0.25, 0.3) is 0 Å². The summed E-state index contributed by atoms with van der Waals surface area (Å²) in [6.07, 6.45) is 9.43. The summed E-state index contributed by atoms with van der Waals surface area (Å²) in [6.45, 7) is 12.6. The molecule has 1 aliphatic rings. The van der Waals surface area contributed by atoms with E-state index in [1.807, 2.05) is 25.2 Å². The van der Waals surface area contributed by atoms with E-state index in [-0.39, 0.29) is 5.91 Å². The third kappa shape index (κ3) is 5.88. The molecule has 0 unspecified atom stereocenters. The van der Waals surface area contributed by atoms with E-state index < -0.39 is 0 Å². The number of allylic oxidation sites excluding steroid dienone is 3. The van der Waals surface area contributed by atoms with Crippen molar-refractivity contribution in [2.45, 2.75) is 38.6 Å². The molecule has 1 aliphatic heterocycles. The van der Waals surface area contributed by atoms with E-state index in [4.69, 9.17) is 0 Å². The molecule has 0 aliphatic carbocycles. The van der Waals surface area contributed by atoms with Gasteiger partial charge in [0.25, 0.3) is 0 Å². The zero-order valence-electron chi connectivity index (χ0n) is 12.0. The molecule has 0 saturated carbocycles. The number of likely N-dealkylation sites (tertiary alicyclic amines) is 1. The molecule has 0 spiro atoms. The van der Waals surface area contributed by atoms with Crippen LogP contribution < -0.4 is 5.32 Å². The molecule has 1 amide bonds. The quantitative estimate of drug-likeness (QED) is 0.715. The molecule has 1 rings (SSSR count). The van der Waals surface area contributed by atoms with E-state index in [2.05, 4.69) is 23.4 Å². The fraction of sp³-hybridized carbons (Fsp3) is 0.562. The van der Waals surface area contributed by atoms with Crippen molar-refractivity contribution in [2.75, 3.05) is 19.6 Å². The third-order valence-electron chi connectivity index (χ3n) is 3.58. The zero-order valence-corrected chi connectivity index (χ0v) is 12.0. The van der Waals surface area contributed by atoms with Gasteiger partial charge >= 0.3 is 0 Å². The predicted octanol–water partition coefficient (Wildman–Crippen LogP) is 2.67. The smallest absolute Gasteiger partial charge is 0.219 e. The number of nitrogens with zero attached hydrogens (tertiary/aromatic N) is 1. The van der Waals surface area contributed by atoms with Gasteiger partial charge in [-0.2, -0.15) is 0 Å². The number of carbonyl (C=O) groups is 1. The molecule has 1 saturated heterocycles. The highest BCUT2D eigenvalue weighted by atomic mass is 16.1. The van der Waals surface area contributed by atoms with Crippen molar-refractivity contribution in [3.8, 4) is 0 Å². The van der Waals surface area contributed by atoms with Gasteiger partial charge in [-0.05, 0) is 24.8 Å². The molecule has 3 nitrogen and oxygen atoms in total. The molecular weight excluding hydrogens is 236 g/mol. The first-order valence-corrected chi connectivity index (χ1v) is 7.15. The van der Waals surface area contributed by atoms with Gasteiger partial charge in [0.1, 0.15) is 0 Å². The number of hydrogen-bond donors (Lipinski definition) is 1. The van der Waals surface area contributed by atoms with Gasteiger partial charge in [-0.15, -0.1) is 0 Å². The van der Waals surface area contributed by atoms with Crippen LogP contribution in [0.5, 0.6) is 0 Å². The fourth-order valence-electron chi connectivity index (χ4n) is 2.32. The van der Waals surface area contributed by atoms with Crippen molar-refractivity contribution in [2.24, 2.45) is 0 Å². The van der Waals surface area contributed by atoms with Crippen LogP contribution in [0.3, 0.4) is 0 Å². The van der Waals surface area contributed by atoms with Gasteiger partial charge < -0.3 is 10.2 Å². The summed E-state index contributed by atoms with van der Waals surface area (Å²) in [5.74, 6) is 0.168. The summed E-state index contributed by atoms with van der Waals surface area (Å²) in [7, 11) is 0. The number of rotatable bonds is 7. The Morgan fingerprint density at radius 2 is 2.05 bits per heavy atom. The Morgan fingerprint density at radius 1 is 1.37 bits per heavy atom. The zero-order chi connectivity index (χ0) is 14.1. The van der Waals surface area contributed by atoms with Gasteiger partial charge in [0.05, 0.1) is 0 Å². The lowest BCUT2D eigenvalue weighted by atomic mass is 10.0. The second-order valence-corrected chi connectivity index (χ2v) is 4.97. The van der Waals surface area contributed by atoms with Crippen LogP contribution in [0.2, 0.25) is 0 Å². The lowest BCUT2D eigenvalue weighted by molar-refractivity contribution is -0.121. The third-order valence-corrected chi connectivity index (χ3v) is 3.58. The average molecular weight is 262 g/mol. The van der Waals surface area contributed by atoms with Crippen LogP contribution in [-0.4, -0.2) is 36.5 Å². The summed E-state index contributed by atoms with van der Waals surface area (Å²) in [4.78, 5) is 13.8. The molecule has 0 radical (unpaired) electrons. The van der Waals surface area contributed by atoms with Crippen molar-refractivity contribution < 1.29 is 4.79 Å². The number of amides is 1. The van der Waals surface area contributed by atoms with Crippen molar-refractivity contribution >= 4 is 5.91 Å². The number of carbonyl (C=O) groups excluding carboxylic acids is 1. The molecular formula is C16H26N2O. The second kappa shape index (κ2) is 8.70. The normalized spacial score (nSPS) is 18.1. The molecule has 106 valence electrons. The van der Waals surface area contributed by atoms with Crippen LogP contribution in [0.15, 0.2) is 37.0 Å². The molecule has 3 heteroatoms. The van der Waals surface area contributed by atoms with Gasteiger partial charge in [-0.3, -0.25) is 4.79 Å². The molecule has 1 N–H and O–H groups in total. The highest BCUT2D eigenvalue weighted by Gasteiger charge is 2.19. The first kappa shape index (κ1) is 15.7. The van der Waals surface area contributed by atoms with E-state index in [0.717, 1.165) is 38.9 Å². The lowest BCUT2D eigenvalue weighted by Gasteiger charge is -2.32. The number of piperidine rings is 1. The van der Waals surface area contributed by atoms with E-state index in [1.54, 1.807) is 0 Å². The minimum Gasteiger partial charge on any atom is -0.353 e. The topological polar surface area (TPSA) is 32.3 Å². The van der Waals surface area contributed by atoms with Crippen LogP contribution in [0.4, 0.5) is 0 Å². The molecule has 1 fully saturated rings. The number of nitrogens with one attached hydrogen (secondary N) is 1. The van der Waals surface area contributed by atoms with Gasteiger partial charge in [0, 0.05) is 32.1 Å². The monoisotopic (exact) mass is 262 g/mol. The van der Waals surface area contributed by atoms with Crippen LogP contribution in [0.1, 0.15) is 32.6 Å². The molecule has 0 aromatic rings. The fourth-order valence-corrected chi connectivity index (χ4v) is 2.32. The van der Waals surface area contributed by atoms with E-state index in [9.17, 15) is 4.79 Å². The number of hydrogen-bond acceptors (Lipinski definition) is 2. The average Bonchev–Trinajstić information content (AvgIpc) is 2.44. The predicted molar refractivity (Wildman–Crippen MR) is 81.0 cm³/mol. The summed E-state index contributed by atoms with van der Waals surface area (Å²) < 4.78 is 0. The van der Waals surface area contributed by atoms with Gasteiger partial charge in [-0.25, -0.2) is 0 Å². The first-order valence-electron chi connectivity index (χ1n) is 7.15. The lowest BCUT2D eigenvalue weighted by Crippen LogP contribution is -2.44. The summed E-state index contributed by atoms with van der Waals surface area (Å²) in [5, 5.41) is 3.08. The van der Waals surface area contributed by atoms with Crippen LogP contribution >= 0.6 is 0 Å². The summed E-state index contributed by atoms with van der Waals surface area (Å²) >= 11 is 0. The van der Waals surface area contributed by atoms with Gasteiger partial charge in [-0.1, -0.05) is 38.3 Å². The highest BCUT2D eigenvalue weighted by molar-refractivity contribution is 5.75. The maximum atomic E-state index is 11.3. The van der Waals surface area contributed by atoms with Crippen molar-refractivity contribution in [1.82, 2.24) is 10.2 Å². The molecule has 0 bridgehead atoms. The van der Waals surface area contributed by atoms with E-state index >= 15 is 0 Å². The largest absolute Gasteiger partial charge is 0.353 e. The molecule has 0 aromatic heterocycles. The Kier molecular flexibility index (Phi) is 7.19. The Labute approximate surface area is 117 Å². The Morgan fingerprint density at radius 3 is 2.58 bits per heavy atom. The van der Waals surface area contributed by atoms with E-state index in [1.165, 1.54) is 5.57 Å². The Bertz CT molecular complexity index is 339. The maximum Gasteiger partial charge on any atom is 0.219 e. The second-order valence-electron chi connectivity index (χ2n) is 4.97.